The molecule has 0 atom stereocenters. The monoisotopic (exact) mass is 217 g/mol. The zero-order valence-corrected chi connectivity index (χ0v) is 9.07. The topological polar surface area (TPSA) is 54.0 Å². The molecule has 0 saturated heterocycles. The van der Waals surface area contributed by atoms with Crippen LogP contribution in [0.2, 0.25) is 0 Å². The van der Waals surface area contributed by atoms with Crippen LogP contribution in [0.4, 0.5) is 0 Å². The molecule has 0 aliphatic carbocycles. The van der Waals surface area contributed by atoms with Gasteiger partial charge in [0.1, 0.15) is 0 Å². The molecule has 1 aromatic rings. The molecular weight excluding hydrogens is 202 g/mol. The molecule has 0 bridgehead atoms. The highest BCUT2D eigenvalue weighted by Gasteiger charge is 1.99. The molecule has 0 unspecified atom stereocenters. The standard InChI is InChI=1S/C12H15N3O/c1-2-6-13-10-12(16)15-8-5-11-4-3-7-14-9-11/h1,3-4,7,9,13H,5-6,8,10H2,(H,15,16). The second-order valence-corrected chi connectivity index (χ2v) is 3.27. The number of carbonyl (C=O) groups is 1. The van der Waals surface area contributed by atoms with E-state index in [-0.39, 0.29) is 12.5 Å². The summed E-state index contributed by atoms with van der Waals surface area (Å²) in [5.74, 6) is 2.36. The van der Waals surface area contributed by atoms with Crippen molar-refractivity contribution in [2.45, 2.75) is 6.42 Å². The number of aromatic nitrogens is 1. The van der Waals surface area contributed by atoms with E-state index < -0.39 is 0 Å². The summed E-state index contributed by atoms with van der Waals surface area (Å²) in [6.07, 6.45) is 9.35. The van der Waals surface area contributed by atoms with Crippen molar-refractivity contribution >= 4 is 5.91 Å². The van der Waals surface area contributed by atoms with Crippen LogP contribution in [-0.2, 0) is 11.2 Å². The van der Waals surface area contributed by atoms with Gasteiger partial charge in [-0.1, -0.05) is 12.0 Å². The highest BCUT2D eigenvalue weighted by molar-refractivity contribution is 5.77. The lowest BCUT2D eigenvalue weighted by atomic mass is 10.2. The minimum atomic E-state index is -0.0425. The molecule has 4 nitrogen and oxygen atoms in total. The number of nitrogens with one attached hydrogen (secondary N) is 2. The first kappa shape index (κ1) is 12.2. The van der Waals surface area contributed by atoms with Gasteiger partial charge in [-0.2, -0.15) is 0 Å². The first-order valence-electron chi connectivity index (χ1n) is 5.12. The maximum Gasteiger partial charge on any atom is 0.233 e. The van der Waals surface area contributed by atoms with E-state index >= 15 is 0 Å². The quantitative estimate of drug-likeness (QED) is 0.519. The fourth-order valence-electron chi connectivity index (χ4n) is 1.20. The second kappa shape index (κ2) is 7.43. The fraction of sp³-hybridized carbons (Fsp3) is 0.333. The summed E-state index contributed by atoms with van der Waals surface area (Å²) in [6, 6.07) is 3.86. The van der Waals surface area contributed by atoms with Gasteiger partial charge in [-0.15, -0.1) is 6.42 Å². The van der Waals surface area contributed by atoms with Gasteiger partial charge >= 0.3 is 0 Å². The van der Waals surface area contributed by atoms with Crippen molar-refractivity contribution in [3.8, 4) is 12.3 Å². The molecule has 2 N–H and O–H groups in total. The van der Waals surface area contributed by atoms with Crippen LogP contribution < -0.4 is 10.6 Å². The molecule has 1 amide bonds. The van der Waals surface area contributed by atoms with Gasteiger partial charge in [0.05, 0.1) is 13.1 Å². The molecule has 0 fully saturated rings. The van der Waals surface area contributed by atoms with Crippen molar-refractivity contribution in [1.82, 2.24) is 15.6 Å². The fourth-order valence-corrected chi connectivity index (χ4v) is 1.20. The smallest absolute Gasteiger partial charge is 0.233 e. The average Bonchev–Trinajstić information content (AvgIpc) is 2.31. The third-order valence-electron chi connectivity index (χ3n) is 1.97. The highest BCUT2D eigenvalue weighted by atomic mass is 16.1. The van der Waals surface area contributed by atoms with Gasteiger partial charge < -0.3 is 5.32 Å². The summed E-state index contributed by atoms with van der Waals surface area (Å²) >= 11 is 0. The SMILES string of the molecule is C#CCNCC(=O)NCCc1cccnc1. The zero-order chi connectivity index (χ0) is 11.6. The Balaban J connectivity index is 2.12. The van der Waals surface area contributed by atoms with Gasteiger partial charge in [0, 0.05) is 18.9 Å². The second-order valence-electron chi connectivity index (χ2n) is 3.27. The molecular formula is C12H15N3O. The largest absolute Gasteiger partial charge is 0.355 e. The maximum atomic E-state index is 11.3. The van der Waals surface area contributed by atoms with Crippen LogP contribution in [-0.4, -0.2) is 30.5 Å². The van der Waals surface area contributed by atoms with Gasteiger partial charge in [-0.25, -0.2) is 0 Å². The Labute approximate surface area is 95.5 Å². The van der Waals surface area contributed by atoms with E-state index in [2.05, 4.69) is 21.5 Å². The summed E-state index contributed by atoms with van der Waals surface area (Å²) in [5, 5.41) is 5.62. The van der Waals surface area contributed by atoms with Gasteiger partial charge in [0.25, 0.3) is 0 Å². The molecule has 0 saturated carbocycles. The van der Waals surface area contributed by atoms with E-state index in [1.165, 1.54) is 0 Å². The first-order valence-corrected chi connectivity index (χ1v) is 5.12. The summed E-state index contributed by atoms with van der Waals surface area (Å²) in [7, 11) is 0. The van der Waals surface area contributed by atoms with Crippen molar-refractivity contribution in [2.24, 2.45) is 0 Å². The Kier molecular flexibility index (Phi) is 5.67. The number of carbonyl (C=O) groups excluding carboxylic acids is 1. The molecule has 1 rings (SSSR count). The van der Waals surface area contributed by atoms with Gasteiger partial charge in [-0.05, 0) is 18.1 Å². The molecule has 0 spiro atoms. The van der Waals surface area contributed by atoms with E-state index in [9.17, 15) is 4.79 Å². The zero-order valence-electron chi connectivity index (χ0n) is 9.07. The number of hydrogen-bond acceptors (Lipinski definition) is 3. The number of terminal acetylenes is 1. The van der Waals surface area contributed by atoms with E-state index in [4.69, 9.17) is 6.42 Å². The Morgan fingerprint density at radius 3 is 3.12 bits per heavy atom. The maximum absolute atomic E-state index is 11.3. The molecule has 4 heteroatoms. The minimum absolute atomic E-state index is 0.0425. The van der Waals surface area contributed by atoms with Crippen LogP contribution in [0.15, 0.2) is 24.5 Å². The predicted octanol–water partition coefficient (Wildman–Crippen LogP) is -0.0369. The number of amides is 1. The van der Waals surface area contributed by atoms with Crippen LogP contribution in [0, 0.1) is 12.3 Å². The van der Waals surface area contributed by atoms with Crippen LogP contribution in [0.25, 0.3) is 0 Å². The van der Waals surface area contributed by atoms with Crippen LogP contribution >= 0.6 is 0 Å². The van der Waals surface area contributed by atoms with Crippen molar-refractivity contribution in [3.63, 3.8) is 0 Å². The first-order chi connectivity index (χ1) is 7.83. The summed E-state index contributed by atoms with van der Waals surface area (Å²) in [4.78, 5) is 15.2. The molecule has 0 aliphatic heterocycles. The Morgan fingerprint density at radius 2 is 2.44 bits per heavy atom. The molecule has 84 valence electrons. The van der Waals surface area contributed by atoms with E-state index in [0.29, 0.717) is 13.1 Å². The summed E-state index contributed by atoms with van der Waals surface area (Å²) in [5.41, 5.74) is 1.11. The van der Waals surface area contributed by atoms with Crippen molar-refractivity contribution < 1.29 is 4.79 Å². The normalized spacial score (nSPS) is 9.44. The van der Waals surface area contributed by atoms with E-state index in [1.807, 2.05) is 12.1 Å². The van der Waals surface area contributed by atoms with Gasteiger partial charge in [0.15, 0.2) is 0 Å². The summed E-state index contributed by atoms with van der Waals surface area (Å²) < 4.78 is 0. The minimum Gasteiger partial charge on any atom is -0.355 e. The van der Waals surface area contributed by atoms with Gasteiger partial charge in [-0.3, -0.25) is 15.1 Å². The lowest BCUT2D eigenvalue weighted by molar-refractivity contribution is -0.120. The average molecular weight is 217 g/mol. The molecule has 0 aromatic carbocycles. The van der Waals surface area contributed by atoms with Crippen molar-refractivity contribution in [1.29, 1.82) is 0 Å². The Morgan fingerprint density at radius 1 is 1.56 bits per heavy atom. The van der Waals surface area contributed by atoms with Crippen LogP contribution in [0.1, 0.15) is 5.56 Å². The van der Waals surface area contributed by atoms with Crippen molar-refractivity contribution in [3.05, 3.63) is 30.1 Å². The van der Waals surface area contributed by atoms with E-state index in [0.717, 1.165) is 12.0 Å². The third-order valence-corrected chi connectivity index (χ3v) is 1.97. The molecule has 0 aliphatic rings. The van der Waals surface area contributed by atoms with Crippen LogP contribution in [0.5, 0.6) is 0 Å². The molecule has 0 radical (unpaired) electrons. The van der Waals surface area contributed by atoms with E-state index in [1.54, 1.807) is 12.4 Å². The van der Waals surface area contributed by atoms with Crippen LogP contribution in [0.3, 0.4) is 0 Å². The number of rotatable bonds is 6. The Hall–Kier alpha value is -1.86. The van der Waals surface area contributed by atoms with Crippen molar-refractivity contribution in [2.75, 3.05) is 19.6 Å². The molecule has 16 heavy (non-hydrogen) atoms. The number of nitrogens with zero attached hydrogens (tertiary/aromatic N) is 1. The molecule has 1 heterocycles. The lowest BCUT2D eigenvalue weighted by Gasteiger charge is -2.04. The highest BCUT2D eigenvalue weighted by Crippen LogP contribution is 1.94. The molecule has 1 aromatic heterocycles. The predicted molar refractivity (Wildman–Crippen MR) is 62.7 cm³/mol. The lowest BCUT2D eigenvalue weighted by Crippen LogP contribution is -2.35. The number of pyridine rings is 1. The Bertz CT molecular complexity index is 356. The summed E-state index contributed by atoms with van der Waals surface area (Å²) in [6.45, 7) is 1.29. The van der Waals surface area contributed by atoms with Gasteiger partial charge in [0.2, 0.25) is 5.91 Å². The third kappa shape index (κ3) is 5.13. The number of hydrogen-bond donors (Lipinski definition) is 2.